The summed E-state index contributed by atoms with van der Waals surface area (Å²) in [4.78, 5) is 23.5. The largest absolute Gasteiger partial charge is 0.491 e. The molecule has 3 rings (SSSR count). The lowest BCUT2D eigenvalue weighted by Crippen LogP contribution is -2.42. The second-order valence-electron chi connectivity index (χ2n) is 9.37. The minimum atomic E-state index is -4.36. The van der Waals surface area contributed by atoms with Crippen LogP contribution in [0, 0.1) is 0 Å². The zero-order valence-electron chi connectivity index (χ0n) is 20.1. The van der Waals surface area contributed by atoms with E-state index in [0.29, 0.717) is 24.7 Å². The van der Waals surface area contributed by atoms with Crippen LogP contribution in [0.15, 0.2) is 36.0 Å². The van der Waals surface area contributed by atoms with Gasteiger partial charge in [-0.15, -0.1) is 0 Å². The molecule has 2 aliphatic rings. The molecule has 0 bridgehead atoms. The Kier molecular flexibility index (Phi) is 7.86. The highest BCUT2D eigenvalue weighted by Crippen LogP contribution is 2.38. The molecule has 2 aliphatic heterocycles. The van der Waals surface area contributed by atoms with Crippen LogP contribution in [-0.2, 0) is 9.53 Å². The number of nitrogens with zero attached hydrogens (tertiary/aromatic N) is 1. The zero-order valence-corrected chi connectivity index (χ0v) is 20.1. The number of hydrogen-bond donors (Lipinski definition) is 2. The van der Waals surface area contributed by atoms with Gasteiger partial charge in [-0.1, -0.05) is 0 Å². The molecule has 1 aromatic carbocycles. The molecule has 0 aliphatic carbocycles. The van der Waals surface area contributed by atoms with E-state index in [2.05, 4.69) is 10.7 Å². The summed E-state index contributed by atoms with van der Waals surface area (Å²) >= 11 is 0. The lowest BCUT2D eigenvalue weighted by atomic mass is 9.95. The predicted octanol–water partition coefficient (Wildman–Crippen LogP) is 4.33. The average molecular weight is 498 g/mol. The van der Waals surface area contributed by atoms with Gasteiger partial charge in [-0.25, -0.2) is 4.79 Å². The first-order valence-corrected chi connectivity index (χ1v) is 11.2. The number of nitrogens with one attached hydrogen (secondary N) is 2. The topological polar surface area (TPSA) is 89.1 Å². The van der Waals surface area contributed by atoms with Gasteiger partial charge in [0.1, 0.15) is 30.3 Å². The van der Waals surface area contributed by atoms with Crippen LogP contribution in [-0.4, -0.2) is 54.6 Å². The van der Waals surface area contributed by atoms with Gasteiger partial charge in [0, 0.05) is 31.2 Å². The minimum absolute atomic E-state index is 0.179. The van der Waals surface area contributed by atoms with Crippen molar-refractivity contribution in [1.82, 2.24) is 15.8 Å². The molecule has 0 saturated heterocycles. The molecule has 11 heteroatoms. The molecule has 1 atom stereocenters. The maximum Gasteiger partial charge on any atom is 0.407 e. The van der Waals surface area contributed by atoms with E-state index < -0.39 is 30.3 Å². The summed E-state index contributed by atoms with van der Waals surface area (Å²) in [6, 6.07) is 4.24. The predicted molar refractivity (Wildman–Crippen MR) is 122 cm³/mol. The summed E-state index contributed by atoms with van der Waals surface area (Å²) in [5.41, 5.74) is 4.75. The van der Waals surface area contributed by atoms with E-state index >= 15 is 0 Å². The molecule has 1 unspecified atom stereocenters. The standard InChI is InChI=1S/C24H30F3N3O5/c1-15(31)29-30-10-8-16-13-34-21-11-18(5-6-19(21)20(16)12-30)33-14-17(7-9-24(25,26)27)28-22(32)35-23(2,3)4/h5-6,8,10-11,17H,7,9,12-14H2,1-4H3,(H,28,32)(H,29,31). The first kappa shape index (κ1) is 26.2. The molecule has 2 heterocycles. The lowest BCUT2D eigenvalue weighted by Gasteiger charge is -2.31. The molecular formula is C24H30F3N3O5. The molecule has 0 radical (unpaired) electrons. The molecule has 0 fully saturated rings. The third-order valence-electron chi connectivity index (χ3n) is 5.08. The third kappa shape index (κ3) is 8.11. The maximum absolute atomic E-state index is 12.8. The van der Waals surface area contributed by atoms with Crippen LogP contribution in [0.4, 0.5) is 18.0 Å². The molecule has 2 amide bonds. The second kappa shape index (κ2) is 10.5. The number of fused-ring (bicyclic) bond motifs is 2. The zero-order chi connectivity index (χ0) is 25.8. The normalized spacial score (nSPS) is 16.0. The Bertz CT molecular complexity index is 1010. The molecule has 1 aromatic rings. The van der Waals surface area contributed by atoms with Crippen LogP contribution in [0.3, 0.4) is 0 Å². The summed E-state index contributed by atoms with van der Waals surface area (Å²) in [5.74, 6) is 0.766. The SMILES string of the molecule is CC(=O)NN1C=CC2=C(C1)c1ccc(OCC(CCC(F)(F)F)NC(=O)OC(C)(C)C)cc1OC2. The Morgan fingerprint density at radius 1 is 1.23 bits per heavy atom. The number of benzene rings is 1. The summed E-state index contributed by atoms with van der Waals surface area (Å²) in [7, 11) is 0. The summed E-state index contributed by atoms with van der Waals surface area (Å²) in [6.45, 7) is 7.05. The van der Waals surface area contributed by atoms with Crippen molar-refractivity contribution in [2.24, 2.45) is 0 Å². The Morgan fingerprint density at radius 2 is 1.97 bits per heavy atom. The Labute approximate surface area is 202 Å². The van der Waals surface area contributed by atoms with Gasteiger partial charge in [-0.3, -0.25) is 15.2 Å². The van der Waals surface area contributed by atoms with E-state index in [4.69, 9.17) is 14.2 Å². The van der Waals surface area contributed by atoms with Crippen LogP contribution in [0.1, 0.15) is 46.1 Å². The first-order chi connectivity index (χ1) is 16.3. The second-order valence-corrected chi connectivity index (χ2v) is 9.37. The molecule has 2 N–H and O–H groups in total. The number of alkyl carbamates (subject to hydrolysis) is 1. The fraction of sp³-hybridized carbons (Fsp3) is 0.500. The highest BCUT2D eigenvalue weighted by Gasteiger charge is 2.30. The van der Waals surface area contributed by atoms with Crippen LogP contribution < -0.4 is 20.2 Å². The highest BCUT2D eigenvalue weighted by atomic mass is 19.4. The fourth-order valence-electron chi connectivity index (χ4n) is 3.60. The van der Waals surface area contributed by atoms with Crippen LogP contribution in [0.5, 0.6) is 11.5 Å². The van der Waals surface area contributed by atoms with Gasteiger partial charge in [0.05, 0.1) is 12.6 Å². The van der Waals surface area contributed by atoms with E-state index in [1.807, 2.05) is 6.08 Å². The van der Waals surface area contributed by atoms with Gasteiger partial charge in [0.2, 0.25) is 5.91 Å². The van der Waals surface area contributed by atoms with Crippen LogP contribution in [0.25, 0.3) is 5.57 Å². The summed E-state index contributed by atoms with van der Waals surface area (Å²) in [6.07, 6.45) is -2.96. The monoisotopic (exact) mass is 497 g/mol. The average Bonchev–Trinajstić information content (AvgIpc) is 2.73. The quantitative estimate of drug-likeness (QED) is 0.583. The number of carbonyl (C=O) groups is 2. The van der Waals surface area contributed by atoms with Gasteiger partial charge in [-0.2, -0.15) is 13.2 Å². The summed E-state index contributed by atoms with van der Waals surface area (Å²) < 4.78 is 55.0. The van der Waals surface area contributed by atoms with E-state index in [1.165, 1.54) is 6.92 Å². The van der Waals surface area contributed by atoms with Crippen molar-refractivity contribution in [2.75, 3.05) is 19.8 Å². The van der Waals surface area contributed by atoms with Gasteiger partial charge in [-0.05, 0) is 56.5 Å². The molecule has 35 heavy (non-hydrogen) atoms. The minimum Gasteiger partial charge on any atom is -0.491 e. The molecule has 8 nitrogen and oxygen atoms in total. The molecule has 0 spiro atoms. The van der Waals surface area contributed by atoms with E-state index in [0.717, 1.165) is 16.7 Å². The lowest BCUT2D eigenvalue weighted by molar-refractivity contribution is -0.137. The third-order valence-corrected chi connectivity index (χ3v) is 5.08. The van der Waals surface area contributed by atoms with Crippen molar-refractivity contribution in [2.45, 2.75) is 58.4 Å². The fourth-order valence-corrected chi connectivity index (χ4v) is 3.60. The van der Waals surface area contributed by atoms with Crippen molar-refractivity contribution in [3.63, 3.8) is 0 Å². The number of hydrazine groups is 1. The van der Waals surface area contributed by atoms with Crippen molar-refractivity contribution in [3.05, 3.63) is 41.6 Å². The number of carbonyl (C=O) groups excluding carboxylic acids is 2. The number of alkyl halides is 3. The van der Waals surface area contributed by atoms with Gasteiger partial charge < -0.3 is 19.5 Å². The van der Waals surface area contributed by atoms with E-state index in [1.54, 1.807) is 50.2 Å². The Morgan fingerprint density at radius 3 is 2.63 bits per heavy atom. The van der Waals surface area contributed by atoms with Crippen molar-refractivity contribution in [3.8, 4) is 11.5 Å². The molecule has 0 saturated carbocycles. The smallest absolute Gasteiger partial charge is 0.407 e. The first-order valence-electron chi connectivity index (χ1n) is 11.2. The number of hydrogen-bond acceptors (Lipinski definition) is 6. The highest BCUT2D eigenvalue weighted by molar-refractivity contribution is 5.80. The van der Waals surface area contributed by atoms with Crippen LogP contribution in [0.2, 0.25) is 0 Å². The van der Waals surface area contributed by atoms with Gasteiger partial charge in [0.15, 0.2) is 0 Å². The van der Waals surface area contributed by atoms with Crippen molar-refractivity contribution >= 4 is 17.6 Å². The van der Waals surface area contributed by atoms with Crippen LogP contribution >= 0.6 is 0 Å². The van der Waals surface area contributed by atoms with Gasteiger partial charge >= 0.3 is 12.3 Å². The number of rotatable bonds is 7. The number of ether oxygens (including phenoxy) is 3. The maximum atomic E-state index is 12.8. The molecular weight excluding hydrogens is 467 g/mol. The van der Waals surface area contributed by atoms with E-state index in [9.17, 15) is 22.8 Å². The van der Waals surface area contributed by atoms with Gasteiger partial charge in [0.25, 0.3) is 0 Å². The summed E-state index contributed by atoms with van der Waals surface area (Å²) in [5, 5.41) is 4.14. The van der Waals surface area contributed by atoms with Crippen molar-refractivity contribution < 1.29 is 37.0 Å². The Hall–Kier alpha value is -3.37. The Balaban J connectivity index is 1.67. The molecule has 192 valence electrons. The van der Waals surface area contributed by atoms with Crippen molar-refractivity contribution in [1.29, 1.82) is 0 Å². The number of amides is 2. The number of halogens is 3. The van der Waals surface area contributed by atoms with E-state index in [-0.39, 0.29) is 18.9 Å². The molecule has 0 aromatic heterocycles.